The van der Waals surface area contributed by atoms with Crippen molar-refractivity contribution >= 4 is 23.9 Å². The number of nitrogens with zero attached hydrogens (tertiary/aromatic N) is 2. The first-order chi connectivity index (χ1) is 17.5. The van der Waals surface area contributed by atoms with Gasteiger partial charge in [-0.05, 0) is 18.1 Å². The zero-order valence-corrected chi connectivity index (χ0v) is 20.3. The number of fused-ring (bicyclic) bond motifs is 1. The van der Waals surface area contributed by atoms with Gasteiger partial charge in [-0.25, -0.2) is 9.69 Å². The number of methoxy groups -OCH3 is 1. The van der Waals surface area contributed by atoms with Gasteiger partial charge in [0, 0.05) is 25.6 Å². The molecule has 0 N–H and O–H groups in total. The Morgan fingerprint density at radius 2 is 1.53 bits per heavy atom. The van der Waals surface area contributed by atoms with Gasteiger partial charge in [0.2, 0.25) is 5.91 Å². The van der Waals surface area contributed by atoms with Crippen molar-refractivity contribution in [2.75, 3.05) is 66.7 Å². The van der Waals surface area contributed by atoms with Crippen LogP contribution in [0.4, 0.5) is 4.79 Å². The Bertz CT molecular complexity index is 909. The minimum Gasteiger partial charge on any atom is -0.432 e. The van der Waals surface area contributed by atoms with Gasteiger partial charge in [0.1, 0.15) is 12.6 Å². The third kappa shape index (κ3) is 7.72. The first-order valence-corrected chi connectivity index (χ1v) is 11.8. The summed E-state index contributed by atoms with van der Waals surface area (Å²) in [6, 6.07) is 6.34. The van der Waals surface area contributed by atoms with E-state index < -0.39 is 30.7 Å². The molecular formula is C24H32N2O10. The van der Waals surface area contributed by atoms with Crippen LogP contribution in [0.15, 0.2) is 24.3 Å². The molecule has 1 atom stereocenters. The summed E-state index contributed by atoms with van der Waals surface area (Å²) < 4.78 is 30.6. The molecule has 0 spiro atoms. The molecule has 0 aliphatic carbocycles. The van der Waals surface area contributed by atoms with Crippen molar-refractivity contribution in [2.45, 2.75) is 25.4 Å². The van der Waals surface area contributed by atoms with Crippen molar-refractivity contribution in [1.82, 2.24) is 9.80 Å². The zero-order chi connectivity index (χ0) is 25.8. The fraction of sp³-hybridized carbons (Fsp3) is 0.583. The van der Waals surface area contributed by atoms with Gasteiger partial charge in [-0.1, -0.05) is 18.2 Å². The molecule has 2 aliphatic heterocycles. The van der Waals surface area contributed by atoms with Crippen LogP contribution in [0.3, 0.4) is 0 Å². The van der Waals surface area contributed by atoms with Crippen LogP contribution in [0.25, 0.3) is 0 Å². The minimum atomic E-state index is -1.03. The average Bonchev–Trinajstić information content (AvgIpc) is 3.21. The molecule has 0 radical (unpaired) electrons. The third-order valence-electron chi connectivity index (χ3n) is 5.64. The van der Waals surface area contributed by atoms with Crippen molar-refractivity contribution in [3.05, 3.63) is 35.4 Å². The number of rotatable bonds is 15. The maximum Gasteiger partial charge on any atom is 0.510 e. The predicted octanol–water partition coefficient (Wildman–Crippen LogP) is 0.967. The van der Waals surface area contributed by atoms with Crippen LogP contribution in [-0.4, -0.2) is 106 Å². The summed E-state index contributed by atoms with van der Waals surface area (Å²) in [7, 11) is 1.60. The molecule has 2 heterocycles. The molecule has 198 valence electrons. The highest BCUT2D eigenvalue weighted by Crippen LogP contribution is 2.28. The van der Waals surface area contributed by atoms with E-state index in [4.69, 9.17) is 28.4 Å². The van der Waals surface area contributed by atoms with E-state index in [-0.39, 0.29) is 32.0 Å². The number of hydrogen-bond acceptors (Lipinski definition) is 10. The van der Waals surface area contributed by atoms with E-state index in [1.807, 2.05) is 12.1 Å². The molecule has 1 aromatic rings. The zero-order valence-electron chi connectivity index (χ0n) is 20.3. The average molecular weight is 509 g/mol. The van der Waals surface area contributed by atoms with Crippen molar-refractivity contribution in [2.24, 2.45) is 0 Å². The van der Waals surface area contributed by atoms with Crippen LogP contribution in [0.2, 0.25) is 0 Å². The summed E-state index contributed by atoms with van der Waals surface area (Å²) in [5.41, 5.74) is 1.38. The minimum absolute atomic E-state index is 0.0597. The molecule has 0 bridgehead atoms. The van der Waals surface area contributed by atoms with Crippen LogP contribution >= 0.6 is 0 Å². The summed E-state index contributed by atoms with van der Waals surface area (Å²) in [4.78, 5) is 52.1. The number of ether oxygens (including phenoxy) is 6. The molecule has 2 aliphatic rings. The third-order valence-corrected chi connectivity index (χ3v) is 5.64. The van der Waals surface area contributed by atoms with Crippen LogP contribution in [0.5, 0.6) is 0 Å². The fourth-order valence-corrected chi connectivity index (χ4v) is 3.80. The number of amides is 3. The quantitative estimate of drug-likeness (QED) is 0.192. The smallest absolute Gasteiger partial charge is 0.432 e. The van der Waals surface area contributed by atoms with Crippen molar-refractivity contribution in [1.29, 1.82) is 0 Å². The summed E-state index contributed by atoms with van der Waals surface area (Å²) in [5.74, 6) is -1.30. The standard InChI is InChI=1S/C24H32N2O10/c1-31-8-9-32-10-11-33-12-13-34-14-15-35-24(30)36-17-26-21(27)7-6-20(23(26)29)25-16-18-4-2-3-5-19(18)22(25)28/h2-5,20H,6-17H2,1H3. The molecule has 12 heteroatoms. The highest BCUT2D eigenvalue weighted by Gasteiger charge is 2.42. The van der Waals surface area contributed by atoms with E-state index in [9.17, 15) is 19.2 Å². The lowest BCUT2D eigenvalue weighted by molar-refractivity contribution is -0.157. The summed E-state index contributed by atoms with van der Waals surface area (Å²) >= 11 is 0. The molecule has 1 fully saturated rings. The molecule has 0 aromatic heterocycles. The first kappa shape index (κ1) is 27.5. The second-order valence-corrected chi connectivity index (χ2v) is 8.01. The summed E-state index contributed by atoms with van der Waals surface area (Å²) in [6.45, 7) is 2.40. The maximum atomic E-state index is 12.9. The van der Waals surface area contributed by atoms with Gasteiger partial charge in [-0.3, -0.25) is 14.4 Å². The van der Waals surface area contributed by atoms with E-state index in [1.54, 1.807) is 19.2 Å². The number of hydrogen-bond donors (Lipinski definition) is 0. The van der Waals surface area contributed by atoms with Gasteiger partial charge in [0.25, 0.3) is 11.8 Å². The Morgan fingerprint density at radius 1 is 0.889 bits per heavy atom. The van der Waals surface area contributed by atoms with Gasteiger partial charge in [-0.15, -0.1) is 0 Å². The molecule has 36 heavy (non-hydrogen) atoms. The second kappa shape index (κ2) is 14.5. The second-order valence-electron chi connectivity index (χ2n) is 8.01. The van der Waals surface area contributed by atoms with Crippen LogP contribution in [0, 0.1) is 0 Å². The molecule has 1 unspecified atom stereocenters. The van der Waals surface area contributed by atoms with E-state index in [0.29, 0.717) is 51.7 Å². The molecule has 12 nitrogen and oxygen atoms in total. The van der Waals surface area contributed by atoms with Crippen molar-refractivity contribution in [3.63, 3.8) is 0 Å². The van der Waals surface area contributed by atoms with E-state index in [2.05, 4.69) is 0 Å². The Labute approximate surface area is 209 Å². The molecular weight excluding hydrogens is 476 g/mol. The number of carbonyl (C=O) groups is 4. The largest absolute Gasteiger partial charge is 0.510 e. The Hall–Kier alpha value is -3.06. The van der Waals surface area contributed by atoms with Gasteiger partial charge in [-0.2, -0.15) is 0 Å². The van der Waals surface area contributed by atoms with Crippen LogP contribution in [0.1, 0.15) is 28.8 Å². The SMILES string of the molecule is COCCOCCOCCOCCOC(=O)OCN1C(=O)CCC(N2Cc3ccccc3C2=O)C1=O. The Kier molecular flexibility index (Phi) is 11.1. The summed E-state index contributed by atoms with van der Waals surface area (Å²) in [6.07, 6.45) is -0.750. The maximum absolute atomic E-state index is 12.9. The fourth-order valence-electron chi connectivity index (χ4n) is 3.80. The van der Waals surface area contributed by atoms with Gasteiger partial charge in [0.15, 0.2) is 6.73 Å². The van der Waals surface area contributed by atoms with E-state index >= 15 is 0 Å². The molecule has 3 rings (SSSR count). The highest BCUT2D eigenvalue weighted by atomic mass is 16.7. The van der Waals surface area contributed by atoms with Gasteiger partial charge < -0.3 is 33.3 Å². The van der Waals surface area contributed by atoms with E-state index in [0.717, 1.165) is 10.5 Å². The molecule has 0 saturated carbocycles. The molecule has 3 amide bonds. The topological polar surface area (TPSA) is 130 Å². The number of piperidine rings is 1. The molecule has 1 aromatic carbocycles. The van der Waals surface area contributed by atoms with Crippen LogP contribution in [-0.2, 0) is 44.6 Å². The van der Waals surface area contributed by atoms with Crippen LogP contribution < -0.4 is 0 Å². The number of carbonyl (C=O) groups excluding carboxylic acids is 4. The number of benzene rings is 1. The first-order valence-electron chi connectivity index (χ1n) is 11.8. The molecule has 1 saturated heterocycles. The lowest BCUT2D eigenvalue weighted by Gasteiger charge is -2.34. The van der Waals surface area contributed by atoms with Crippen molar-refractivity contribution in [3.8, 4) is 0 Å². The Morgan fingerprint density at radius 3 is 2.19 bits per heavy atom. The normalized spacial score (nSPS) is 17.5. The number of likely N-dealkylation sites (tertiary alicyclic amines) is 1. The monoisotopic (exact) mass is 508 g/mol. The van der Waals surface area contributed by atoms with Gasteiger partial charge >= 0.3 is 6.16 Å². The Balaban J connectivity index is 1.30. The van der Waals surface area contributed by atoms with E-state index in [1.165, 1.54) is 4.90 Å². The number of imide groups is 1. The lowest BCUT2D eigenvalue weighted by Crippen LogP contribution is -2.55. The highest BCUT2D eigenvalue weighted by molar-refractivity contribution is 6.05. The van der Waals surface area contributed by atoms with Crippen molar-refractivity contribution < 1.29 is 47.6 Å². The lowest BCUT2D eigenvalue weighted by atomic mass is 10.0. The summed E-state index contributed by atoms with van der Waals surface area (Å²) in [5, 5.41) is 0. The predicted molar refractivity (Wildman–Crippen MR) is 123 cm³/mol. The van der Waals surface area contributed by atoms with Gasteiger partial charge in [0.05, 0.1) is 46.2 Å².